The summed E-state index contributed by atoms with van der Waals surface area (Å²) in [4.78, 5) is 20.8. The van der Waals surface area contributed by atoms with Gasteiger partial charge in [0.2, 0.25) is 0 Å². The molecule has 1 heterocycles. The van der Waals surface area contributed by atoms with Crippen molar-refractivity contribution in [1.82, 2.24) is 15.3 Å². The van der Waals surface area contributed by atoms with Gasteiger partial charge in [-0.2, -0.15) is 0 Å². The van der Waals surface area contributed by atoms with Crippen molar-refractivity contribution in [3.63, 3.8) is 0 Å². The molecule has 0 saturated carbocycles. The summed E-state index contributed by atoms with van der Waals surface area (Å²) < 4.78 is 10.6. The molecule has 0 atom stereocenters. The van der Waals surface area contributed by atoms with E-state index in [2.05, 4.69) is 15.3 Å². The first kappa shape index (κ1) is 21.8. The Kier molecular flexibility index (Phi) is 6.97. The second kappa shape index (κ2) is 10.2. The lowest BCUT2D eigenvalue weighted by atomic mass is 10.1. The smallest absolute Gasteiger partial charge is 0.251 e. The van der Waals surface area contributed by atoms with E-state index in [0.29, 0.717) is 35.8 Å². The molecule has 0 radical (unpaired) electrons. The number of nitrogens with zero attached hydrogens (tertiary/aromatic N) is 1. The Morgan fingerprint density at radius 3 is 2.59 bits per heavy atom. The molecule has 2 N–H and O–H groups in total. The highest BCUT2D eigenvalue weighted by Gasteiger charge is 2.12. The van der Waals surface area contributed by atoms with E-state index in [1.54, 1.807) is 26.0 Å². The molecule has 0 fully saturated rings. The molecule has 164 valence electrons. The van der Waals surface area contributed by atoms with Gasteiger partial charge in [-0.15, -0.1) is 0 Å². The Morgan fingerprint density at radius 1 is 1.00 bits per heavy atom. The van der Waals surface area contributed by atoms with Crippen molar-refractivity contribution in [2.45, 2.75) is 17.3 Å². The lowest BCUT2D eigenvalue weighted by molar-refractivity contribution is 0.0953. The standard InChI is InChI=1S/C25H25N3O3S/c1-30-22-12-11-17(15-23(22)31-2)13-14-26-24(29)19-8-4-3-7-18(19)16-32-25-27-20-9-5-6-10-21(20)28-25/h3-12,15H,13-14,16H2,1-2H3,(H,26,29)(H,27,28). The molecule has 6 nitrogen and oxygen atoms in total. The molecule has 3 aromatic carbocycles. The molecule has 0 spiro atoms. The number of amides is 1. The highest BCUT2D eigenvalue weighted by atomic mass is 32.2. The summed E-state index contributed by atoms with van der Waals surface area (Å²) in [5.41, 5.74) is 4.68. The zero-order valence-electron chi connectivity index (χ0n) is 18.1. The van der Waals surface area contributed by atoms with Crippen molar-refractivity contribution in [2.75, 3.05) is 20.8 Å². The number of rotatable bonds is 9. The molecule has 32 heavy (non-hydrogen) atoms. The number of hydrogen-bond donors (Lipinski definition) is 2. The fraction of sp³-hybridized carbons (Fsp3) is 0.200. The van der Waals surface area contributed by atoms with Crippen molar-refractivity contribution in [1.29, 1.82) is 0 Å². The molecule has 0 bridgehead atoms. The number of benzene rings is 3. The summed E-state index contributed by atoms with van der Waals surface area (Å²) in [6.45, 7) is 0.527. The van der Waals surface area contributed by atoms with Gasteiger partial charge in [0.1, 0.15) is 0 Å². The van der Waals surface area contributed by atoms with Gasteiger partial charge in [0.05, 0.1) is 25.3 Å². The Labute approximate surface area is 191 Å². The fourth-order valence-corrected chi connectivity index (χ4v) is 4.35. The van der Waals surface area contributed by atoms with Gasteiger partial charge in [-0.3, -0.25) is 4.79 Å². The van der Waals surface area contributed by atoms with Crippen LogP contribution in [0.25, 0.3) is 11.0 Å². The van der Waals surface area contributed by atoms with E-state index in [-0.39, 0.29) is 5.91 Å². The zero-order chi connectivity index (χ0) is 22.3. The topological polar surface area (TPSA) is 76.2 Å². The summed E-state index contributed by atoms with van der Waals surface area (Å²) in [6.07, 6.45) is 0.696. The van der Waals surface area contributed by atoms with Crippen molar-refractivity contribution in [3.8, 4) is 11.5 Å². The average Bonchev–Trinajstić information content (AvgIpc) is 3.25. The van der Waals surface area contributed by atoms with Crippen LogP contribution in [0.2, 0.25) is 0 Å². The Morgan fingerprint density at radius 2 is 1.78 bits per heavy atom. The lowest BCUT2D eigenvalue weighted by Gasteiger charge is -2.11. The van der Waals surface area contributed by atoms with E-state index >= 15 is 0 Å². The first-order valence-corrected chi connectivity index (χ1v) is 11.3. The van der Waals surface area contributed by atoms with Crippen LogP contribution in [0.4, 0.5) is 0 Å². The van der Waals surface area contributed by atoms with Crippen LogP contribution in [-0.4, -0.2) is 36.6 Å². The molecule has 0 aliphatic heterocycles. The van der Waals surface area contributed by atoms with E-state index in [0.717, 1.165) is 27.3 Å². The number of carbonyl (C=O) groups excluding carboxylic acids is 1. The van der Waals surface area contributed by atoms with Gasteiger partial charge in [-0.1, -0.05) is 48.2 Å². The maximum atomic E-state index is 12.8. The van der Waals surface area contributed by atoms with Crippen LogP contribution in [0, 0.1) is 0 Å². The van der Waals surface area contributed by atoms with Crippen LogP contribution < -0.4 is 14.8 Å². The van der Waals surface area contributed by atoms with Crippen LogP contribution in [0.15, 0.2) is 71.9 Å². The normalized spacial score (nSPS) is 10.8. The molecule has 0 unspecified atom stereocenters. The van der Waals surface area contributed by atoms with Crippen LogP contribution in [0.3, 0.4) is 0 Å². The van der Waals surface area contributed by atoms with Crippen LogP contribution in [-0.2, 0) is 12.2 Å². The highest BCUT2D eigenvalue weighted by Crippen LogP contribution is 2.28. The van der Waals surface area contributed by atoms with Crippen LogP contribution >= 0.6 is 11.8 Å². The van der Waals surface area contributed by atoms with Crippen molar-refractivity contribution < 1.29 is 14.3 Å². The van der Waals surface area contributed by atoms with Gasteiger partial charge in [-0.25, -0.2) is 4.98 Å². The molecule has 1 amide bonds. The number of imidazole rings is 1. The number of aromatic amines is 1. The van der Waals surface area contributed by atoms with Gasteiger partial charge in [0.15, 0.2) is 16.7 Å². The van der Waals surface area contributed by atoms with E-state index in [4.69, 9.17) is 9.47 Å². The number of carbonyl (C=O) groups is 1. The number of aromatic nitrogens is 2. The first-order chi connectivity index (χ1) is 15.7. The Balaban J connectivity index is 1.37. The van der Waals surface area contributed by atoms with Gasteiger partial charge in [-0.05, 0) is 47.9 Å². The van der Waals surface area contributed by atoms with E-state index in [9.17, 15) is 4.79 Å². The van der Waals surface area contributed by atoms with Crippen LogP contribution in [0.5, 0.6) is 11.5 Å². The maximum Gasteiger partial charge on any atom is 0.251 e. The largest absolute Gasteiger partial charge is 0.493 e. The third-order valence-corrected chi connectivity index (χ3v) is 6.06. The van der Waals surface area contributed by atoms with Gasteiger partial charge in [0.25, 0.3) is 5.91 Å². The van der Waals surface area contributed by atoms with Gasteiger partial charge in [0, 0.05) is 17.9 Å². The van der Waals surface area contributed by atoms with Gasteiger partial charge < -0.3 is 19.8 Å². The number of nitrogens with one attached hydrogen (secondary N) is 2. The predicted octanol–water partition coefficient (Wildman–Crippen LogP) is 4.84. The summed E-state index contributed by atoms with van der Waals surface area (Å²) in [5, 5.41) is 3.87. The summed E-state index contributed by atoms with van der Waals surface area (Å²) in [5.74, 6) is 1.95. The zero-order valence-corrected chi connectivity index (χ0v) is 18.9. The Hall–Kier alpha value is -3.45. The summed E-state index contributed by atoms with van der Waals surface area (Å²) >= 11 is 1.59. The highest BCUT2D eigenvalue weighted by molar-refractivity contribution is 7.98. The minimum absolute atomic E-state index is 0.0775. The second-order valence-electron chi connectivity index (χ2n) is 7.20. The predicted molar refractivity (Wildman–Crippen MR) is 128 cm³/mol. The summed E-state index contributed by atoms with van der Waals surface area (Å²) in [7, 11) is 3.23. The number of ether oxygens (including phenoxy) is 2. The SMILES string of the molecule is COc1ccc(CCNC(=O)c2ccccc2CSc2nc3ccccc3[nH]2)cc1OC. The molecule has 1 aromatic heterocycles. The lowest BCUT2D eigenvalue weighted by Crippen LogP contribution is -2.26. The molecule has 4 aromatic rings. The molecular formula is C25H25N3O3S. The quantitative estimate of drug-likeness (QED) is 0.359. The number of H-pyrrole nitrogens is 1. The van der Waals surface area contributed by atoms with E-state index in [1.807, 2.05) is 66.7 Å². The van der Waals surface area contributed by atoms with E-state index in [1.165, 1.54) is 0 Å². The molecule has 0 aliphatic rings. The Bertz CT molecular complexity index is 1190. The number of hydrogen-bond acceptors (Lipinski definition) is 5. The molecular weight excluding hydrogens is 422 g/mol. The van der Waals surface area contributed by atoms with Crippen molar-refractivity contribution in [2.24, 2.45) is 0 Å². The van der Waals surface area contributed by atoms with Crippen molar-refractivity contribution >= 4 is 28.7 Å². The summed E-state index contributed by atoms with van der Waals surface area (Å²) in [6, 6.07) is 21.4. The average molecular weight is 448 g/mol. The van der Waals surface area contributed by atoms with Gasteiger partial charge >= 0.3 is 0 Å². The van der Waals surface area contributed by atoms with E-state index < -0.39 is 0 Å². The molecule has 4 rings (SSSR count). The second-order valence-corrected chi connectivity index (χ2v) is 8.16. The maximum absolute atomic E-state index is 12.8. The molecule has 7 heteroatoms. The first-order valence-electron chi connectivity index (χ1n) is 10.3. The minimum Gasteiger partial charge on any atom is -0.493 e. The fourth-order valence-electron chi connectivity index (χ4n) is 3.46. The minimum atomic E-state index is -0.0775. The number of thioether (sulfide) groups is 1. The monoisotopic (exact) mass is 447 g/mol. The third-order valence-electron chi connectivity index (χ3n) is 5.14. The number of methoxy groups -OCH3 is 2. The third kappa shape index (κ3) is 5.06. The molecule has 0 aliphatic carbocycles. The van der Waals surface area contributed by atoms with Crippen LogP contribution in [0.1, 0.15) is 21.5 Å². The molecule has 0 saturated heterocycles. The number of fused-ring (bicyclic) bond motifs is 1. The number of para-hydroxylation sites is 2. The van der Waals surface area contributed by atoms with Crippen molar-refractivity contribution in [3.05, 3.63) is 83.4 Å².